The largest absolute Gasteiger partial charge is 0.490 e. The van der Waals surface area contributed by atoms with Crippen LogP contribution in [0.2, 0.25) is 5.02 Å². The summed E-state index contributed by atoms with van der Waals surface area (Å²) in [6.07, 6.45) is 3.49. The molecule has 2 heterocycles. The standard InChI is InChI=1S/C25H26ClN3O3/c1-2-31-24-16-20(5-10-23(24)32-18-19-4-3-11-27-17-19)25(30)29-14-12-28(13-15-29)22-8-6-21(26)7-9-22/h3-11,16-17H,2,12-15,18H2,1H3. The molecule has 0 bridgehead atoms. The number of ether oxygens (including phenoxy) is 2. The van der Waals surface area contributed by atoms with Crippen molar-refractivity contribution in [1.29, 1.82) is 0 Å². The van der Waals surface area contributed by atoms with Crippen LogP contribution in [0.4, 0.5) is 5.69 Å². The highest BCUT2D eigenvalue weighted by molar-refractivity contribution is 6.30. The fourth-order valence-corrected chi connectivity index (χ4v) is 3.80. The quantitative estimate of drug-likeness (QED) is 0.522. The van der Waals surface area contributed by atoms with Gasteiger partial charge in [-0.15, -0.1) is 0 Å². The normalized spacial score (nSPS) is 13.7. The number of anilines is 1. The second kappa shape index (κ2) is 10.4. The summed E-state index contributed by atoms with van der Waals surface area (Å²) >= 11 is 5.99. The fourth-order valence-electron chi connectivity index (χ4n) is 3.68. The Morgan fingerprint density at radius 3 is 2.47 bits per heavy atom. The average molecular weight is 452 g/mol. The predicted molar refractivity (Wildman–Crippen MR) is 126 cm³/mol. The molecule has 1 aliphatic heterocycles. The number of amides is 1. The first-order valence-corrected chi connectivity index (χ1v) is 11.1. The minimum absolute atomic E-state index is 0.000480. The van der Waals surface area contributed by atoms with Crippen LogP contribution in [0.15, 0.2) is 67.0 Å². The molecule has 1 amide bonds. The van der Waals surface area contributed by atoms with E-state index in [-0.39, 0.29) is 5.91 Å². The molecule has 3 aromatic rings. The molecule has 6 nitrogen and oxygen atoms in total. The Labute approximate surface area is 193 Å². The molecular weight excluding hydrogens is 426 g/mol. The van der Waals surface area contributed by atoms with E-state index in [1.807, 2.05) is 48.2 Å². The number of piperazine rings is 1. The smallest absolute Gasteiger partial charge is 0.254 e. The van der Waals surface area contributed by atoms with Crippen molar-refractivity contribution in [3.05, 3.63) is 83.1 Å². The van der Waals surface area contributed by atoms with Crippen LogP contribution in [0.1, 0.15) is 22.8 Å². The van der Waals surface area contributed by atoms with Crippen molar-refractivity contribution in [2.45, 2.75) is 13.5 Å². The Morgan fingerprint density at radius 2 is 1.78 bits per heavy atom. The lowest BCUT2D eigenvalue weighted by atomic mass is 10.1. The maximum absolute atomic E-state index is 13.1. The van der Waals surface area contributed by atoms with Gasteiger partial charge in [-0.1, -0.05) is 17.7 Å². The van der Waals surface area contributed by atoms with Crippen molar-refractivity contribution in [2.24, 2.45) is 0 Å². The summed E-state index contributed by atoms with van der Waals surface area (Å²) in [6, 6.07) is 17.0. The zero-order valence-electron chi connectivity index (χ0n) is 18.0. The van der Waals surface area contributed by atoms with E-state index >= 15 is 0 Å². The van der Waals surface area contributed by atoms with Crippen LogP contribution in [-0.2, 0) is 6.61 Å². The molecule has 2 aromatic carbocycles. The third kappa shape index (κ3) is 5.32. The first kappa shape index (κ1) is 22.0. The molecule has 1 aliphatic rings. The topological polar surface area (TPSA) is 54.9 Å². The van der Waals surface area contributed by atoms with Crippen molar-refractivity contribution in [2.75, 3.05) is 37.7 Å². The van der Waals surface area contributed by atoms with Gasteiger partial charge in [0.15, 0.2) is 11.5 Å². The number of hydrogen-bond acceptors (Lipinski definition) is 5. The third-order valence-corrected chi connectivity index (χ3v) is 5.62. The van der Waals surface area contributed by atoms with E-state index in [2.05, 4.69) is 9.88 Å². The van der Waals surface area contributed by atoms with Crippen LogP contribution in [0.5, 0.6) is 11.5 Å². The lowest BCUT2D eigenvalue weighted by Gasteiger charge is -2.36. The molecule has 0 atom stereocenters. The summed E-state index contributed by atoms with van der Waals surface area (Å²) < 4.78 is 11.7. The third-order valence-electron chi connectivity index (χ3n) is 5.37. The van der Waals surface area contributed by atoms with Gasteiger partial charge in [-0.3, -0.25) is 9.78 Å². The summed E-state index contributed by atoms with van der Waals surface area (Å²) in [7, 11) is 0. The zero-order chi connectivity index (χ0) is 22.3. The van der Waals surface area contributed by atoms with E-state index in [1.54, 1.807) is 30.6 Å². The van der Waals surface area contributed by atoms with Crippen LogP contribution >= 0.6 is 11.6 Å². The molecule has 166 valence electrons. The highest BCUT2D eigenvalue weighted by Crippen LogP contribution is 2.30. The van der Waals surface area contributed by atoms with Crippen LogP contribution in [-0.4, -0.2) is 48.6 Å². The average Bonchev–Trinajstić information content (AvgIpc) is 2.84. The summed E-state index contributed by atoms with van der Waals surface area (Å²) in [6.45, 7) is 5.65. The highest BCUT2D eigenvalue weighted by Gasteiger charge is 2.23. The fraction of sp³-hybridized carbons (Fsp3) is 0.280. The molecule has 1 fully saturated rings. The summed E-state index contributed by atoms with van der Waals surface area (Å²) in [4.78, 5) is 21.4. The van der Waals surface area contributed by atoms with Gasteiger partial charge in [-0.05, 0) is 55.5 Å². The predicted octanol–water partition coefficient (Wildman–Crippen LogP) is 4.68. The monoisotopic (exact) mass is 451 g/mol. The molecule has 0 unspecified atom stereocenters. The molecule has 7 heteroatoms. The van der Waals surface area contributed by atoms with Crippen molar-refractivity contribution in [3.63, 3.8) is 0 Å². The number of aromatic nitrogens is 1. The Hall–Kier alpha value is -3.25. The van der Waals surface area contributed by atoms with E-state index in [9.17, 15) is 4.79 Å². The molecule has 0 aliphatic carbocycles. The van der Waals surface area contributed by atoms with Gasteiger partial charge < -0.3 is 19.3 Å². The highest BCUT2D eigenvalue weighted by atomic mass is 35.5. The minimum Gasteiger partial charge on any atom is -0.490 e. The van der Waals surface area contributed by atoms with Gasteiger partial charge in [0.05, 0.1) is 6.61 Å². The van der Waals surface area contributed by atoms with E-state index in [4.69, 9.17) is 21.1 Å². The SMILES string of the molecule is CCOc1cc(C(=O)N2CCN(c3ccc(Cl)cc3)CC2)ccc1OCc1cccnc1. The number of carbonyl (C=O) groups is 1. The number of nitrogens with zero attached hydrogens (tertiary/aromatic N) is 3. The Kier molecular flexibility index (Phi) is 7.12. The van der Waals surface area contributed by atoms with Crippen molar-refractivity contribution < 1.29 is 14.3 Å². The van der Waals surface area contributed by atoms with Gasteiger partial charge in [0.2, 0.25) is 0 Å². The van der Waals surface area contributed by atoms with Gasteiger partial charge in [-0.25, -0.2) is 0 Å². The minimum atomic E-state index is 0.000480. The van der Waals surface area contributed by atoms with Gasteiger partial charge in [0.1, 0.15) is 6.61 Å². The first-order chi connectivity index (χ1) is 15.6. The molecule has 0 saturated carbocycles. The Morgan fingerprint density at radius 1 is 1.00 bits per heavy atom. The molecule has 0 N–H and O–H groups in total. The molecule has 32 heavy (non-hydrogen) atoms. The lowest BCUT2D eigenvalue weighted by molar-refractivity contribution is 0.0746. The Balaban J connectivity index is 1.40. The van der Waals surface area contributed by atoms with Gasteiger partial charge in [0.25, 0.3) is 5.91 Å². The number of carbonyl (C=O) groups excluding carboxylic acids is 1. The van der Waals surface area contributed by atoms with Crippen LogP contribution < -0.4 is 14.4 Å². The van der Waals surface area contributed by atoms with E-state index < -0.39 is 0 Å². The van der Waals surface area contributed by atoms with Gasteiger partial charge in [0, 0.05) is 60.4 Å². The van der Waals surface area contributed by atoms with E-state index in [0.717, 1.165) is 29.4 Å². The molecular formula is C25H26ClN3O3. The van der Waals surface area contributed by atoms with Crippen LogP contribution in [0, 0.1) is 0 Å². The Bertz CT molecular complexity index is 1040. The molecule has 0 spiro atoms. The number of rotatable bonds is 7. The number of halogens is 1. The molecule has 0 radical (unpaired) electrons. The van der Waals surface area contributed by atoms with E-state index in [1.165, 1.54) is 0 Å². The number of benzene rings is 2. The first-order valence-electron chi connectivity index (χ1n) is 10.7. The lowest BCUT2D eigenvalue weighted by Crippen LogP contribution is -2.48. The second-order valence-corrected chi connectivity index (χ2v) is 7.94. The second-order valence-electron chi connectivity index (χ2n) is 7.50. The summed E-state index contributed by atoms with van der Waals surface area (Å²) in [5.74, 6) is 1.18. The maximum atomic E-state index is 13.1. The van der Waals surface area contributed by atoms with Gasteiger partial charge >= 0.3 is 0 Å². The summed E-state index contributed by atoms with van der Waals surface area (Å²) in [5, 5.41) is 0.723. The molecule has 1 aromatic heterocycles. The maximum Gasteiger partial charge on any atom is 0.254 e. The van der Waals surface area contributed by atoms with Crippen molar-refractivity contribution >= 4 is 23.2 Å². The van der Waals surface area contributed by atoms with Gasteiger partial charge in [-0.2, -0.15) is 0 Å². The summed E-state index contributed by atoms with van der Waals surface area (Å²) in [5.41, 5.74) is 2.69. The number of hydrogen-bond donors (Lipinski definition) is 0. The van der Waals surface area contributed by atoms with Crippen LogP contribution in [0.3, 0.4) is 0 Å². The van der Waals surface area contributed by atoms with Crippen molar-refractivity contribution in [3.8, 4) is 11.5 Å². The molecule has 4 rings (SSSR count). The van der Waals surface area contributed by atoms with Crippen LogP contribution in [0.25, 0.3) is 0 Å². The zero-order valence-corrected chi connectivity index (χ0v) is 18.8. The number of pyridine rings is 1. The van der Waals surface area contributed by atoms with Crippen molar-refractivity contribution in [1.82, 2.24) is 9.88 Å². The van der Waals surface area contributed by atoms with E-state index in [0.29, 0.717) is 43.4 Å². The molecule has 1 saturated heterocycles.